The van der Waals surface area contributed by atoms with Crippen molar-refractivity contribution in [3.63, 3.8) is 0 Å². The average Bonchev–Trinajstić information content (AvgIpc) is 3.68. The second kappa shape index (κ2) is 23.2. The van der Waals surface area contributed by atoms with E-state index in [1.165, 1.54) is 24.3 Å². The highest BCUT2D eigenvalue weighted by atomic mass is 32.2. The summed E-state index contributed by atoms with van der Waals surface area (Å²) in [4.78, 5) is 19.2. The van der Waals surface area contributed by atoms with E-state index >= 15 is 0 Å². The van der Waals surface area contributed by atoms with Crippen LogP contribution in [0.1, 0.15) is 56.6 Å². The van der Waals surface area contributed by atoms with Crippen molar-refractivity contribution < 1.29 is 69.2 Å². The summed E-state index contributed by atoms with van der Waals surface area (Å²) in [6.45, 7) is 6.34. The highest BCUT2D eigenvalue weighted by Gasteiger charge is 2.43. The molecule has 2 aromatic rings. The normalized spacial score (nSPS) is 16.0. The maximum Gasteiger partial charge on any atom is 0.333 e. The maximum absolute atomic E-state index is 12.5. The lowest BCUT2D eigenvalue weighted by Crippen LogP contribution is -2.36. The Morgan fingerprint density at radius 3 is 2.16 bits per heavy atom. The number of fused-ring (bicyclic) bond motifs is 2. The van der Waals surface area contributed by atoms with E-state index in [1.54, 1.807) is 26.5 Å². The van der Waals surface area contributed by atoms with Gasteiger partial charge in [-0.05, 0) is 80.1 Å². The zero-order valence-electron chi connectivity index (χ0n) is 36.3. The van der Waals surface area contributed by atoms with E-state index in [2.05, 4.69) is 4.58 Å². The number of hydrogen-bond donors (Lipinski definition) is 4. The lowest BCUT2D eigenvalue weighted by atomic mass is 9.77. The monoisotopic (exact) mass is 932 g/mol. The maximum atomic E-state index is 12.5. The standard InChI is InChI=1S/C44H57N3O15S2/c1-44(19-8-30-63(51,52)53)37-32-35(64(54,55)56)13-15-38(37)46(20-6-4-5-11-43(50)62-47-41(48)16-17-42(47)49)40(44)10-7-9-33-18-23-61-39-31-34(12-14-36(33)39)45(21-24-59-28-26-57-2)22-25-60-29-27-58-3/h7,9-10,12-18,23,31-32H,4-6,8,11,19-22,24-30H2,1-3H3,(H3-,48,49,51,52,53,54,55,56)/p+1. The first kappa shape index (κ1) is 49.9. The molecule has 18 nitrogen and oxygen atoms in total. The fraction of sp³-hybridized carbons (Fsp3) is 0.455. The van der Waals surface area contributed by atoms with E-state index in [0.717, 1.165) is 16.5 Å². The summed E-state index contributed by atoms with van der Waals surface area (Å²) in [6, 6.07) is 14.4. The van der Waals surface area contributed by atoms with Crippen molar-refractivity contribution in [3.05, 3.63) is 95.2 Å². The molecule has 0 amide bonds. The molecule has 1 aromatic heterocycles. The van der Waals surface area contributed by atoms with Crippen molar-refractivity contribution in [3.8, 4) is 23.1 Å². The van der Waals surface area contributed by atoms with Crippen LogP contribution < -0.4 is 19.7 Å². The fourth-order valence-electron chi connectivity index (χ4n) is 7.57. The number of carbonyl (C=O) groups is 1. The van der Waals surface area contributed by atoms with Crippen molar-refractivity contribution in [1.82, 2.24) is 9.31 Å². The fourth-order valence-corrected chi connectivity index (χ4v) is 8.59. The summed E-state index contributed by atoms with van der Waals surface area (Å²) >= 11 is 0. The average molecular weight is 933 g/mol. The number of unbranched alkanes of at least 4 members (excludes halogenated alkanes) is 2. The Morgan fingerprint density at radius 2 is 1.52 bits per heavy atom. The molecule has 4 N–H and O–H groups in total. The minimum absolute atomic E-state index is 0.00636. The summed E-state index contributed by atoms with van der Waals surface area (Å²) in [5, 5.41) is 20.5. The topological polar surface area (TPSA) is 237 Å². The first-order chi connectivity index (χ1) is 30.6. The van der Waals surface area contributed by atoms with Crippen LogP contribution in [0.25, 0.3) is 17.4 Å². The molecule has 0 radical (unpaired) electrons. The number of ether oxygens (including phenoxy) is 4. The molecule has 0 saturated carbocycles. The molecule has 1 atom stereocenters. The molecule has 1 aliphatic carbocycles. The second-order valence-electron chi connectivity index (χ2n) is 15.3. The summed E-state index contributed by atoms with van der Waals surface area (Å²) in [7, 11) is -5.68. The minimum atomic E-state index is -4.61. The Balaban J connectivity index is 1.45. The number of anilines is 1. The molecule has 3 heterocycles. The van der Waals surface area contributed by atoms with E-state index in [4.69, 9.17) is 28.2 Å². The predicted octanol–water partition coefficient (Wildman–Crippen LogP) is 4.50. The number of methoxy groups -OCH3 is 2. The number of benzene rings is 2. The number of aromatic hydroxyl groups is 2. The van der Waals surface area contributed by atoms with Crippen LogP contribution in [0.5, 0.6) is 11.8 Å². The van der Waals surface area contributed by atoms with Crippen LogP contribution in [0.15, 0.2) is 88.0 Å². The molecule has 1 unspecified atom stereocenters. The molecule has 0 fully saturated rings. The summed E-state index contributed by atoms with van der Waals surface area (Å²) in [5.41, 5.74) is 2.58. The smallest absolute Gasteiger partial charge is 0.333 e. The number of carbonyl (C=O) groups excluding carboxylic acids is 1. The zero-order valence-corrected chi connectivity index (χ0v) is 37.9. The van der Waals surface area contributed by atoms with Gasteiger partial charge in [-0.25, -0.2) is 9.37 Å². The Labute approximate surface area is 373 Å². The van der Waals surface area contributed by atoms with Crippen LogP contribution in [-0.4, -0.2) is 126 Å². The van der Waals surface area contributed by atoms with Crippen molar-refractivity contribution in [2.24, 2.45) is 0 Å². The van der Waals surface area contributed by atoms with Gasteiger partial charge in [0.05, 0.1) is 49.4 Å². The molecular weight excluding hydrogens is 875 g/mol. The van der Waals surface area contributed by atoms with Gasteiger partial charge in [0.2, 0.25) is 17.1 Å². The molecule has 350 valence electrons. The SMILES string of the molecule is COCCOCC[N+](CCOCCOC)=c1ccc2c(C=CC=C3N(CCCCCC(=O)On4c(O)ccc4O)c4ccc(S(=O)(=O)O)cc4C3(C)CCCS(=O)(=O)O)ccoc-2c1. The predicted molar refractivity (Wildman–Crippen MR) is 237 cm³/mol. The van der Waals surface area contributed by atoms with Gasteiger partial charge in [-0.15, -0.1) is 4.73 Å². The summed E-state index contributed by atoms with van der Waals surface area (Å²) in [6.07, 6.45) is 8.97. The summed E-state index contributed by atoms with van der Waals surface area (Å²) < 4.78 is 98.5. The highest BCUT2D eigenvalue weighted by Crippen LogP contribution is 2.51. The van der Waals surface area contributed by atoms with Crippen molar-refractivity contribution in [2.45, 2.75) is 55.8 Å². The van der Waals surface area contributed by atoms with Gasteiger partial charge < -0.3 is 43.3 Å². The van der Waals surface area contributed by atoms with Gasteiger partial charge >= 0.3 is 5.97 Å². The third-order valence-electron chi connectivity index (χ3n) is 10.8. The molecule has 2 aliphatic heterocycles. The van der Waals surface area contributed by atoms with Crippen molar-refractivity contribution in [2.75, 3.05) is 84.1 Å². The third-order valence-corrected chi connectivity index (χ3v) is 12.5. The molecule has 0 spiro atoms. The van der Waals surface area contributed by atoms with Gasteiger partial charge in [-0.2, -0.15) is 16.8 Å². The Bertz CT molecular complexity index is 2480. The van der Waals surface area contributed by atoms with E-state index in [1.807, 2.05) is 54.3 Å². The van der Waals surface area contributed by atoms with Crippen LogP contribution >= 0.6 is 0 Å². The highest BCUT2D eigenvalue weighted by molar-refractivity contribution is 7.86. The molecule has 3 aliphatic rings. The van der Waals surface area contributed by atoms with Crippen LogP contribution in [0.2, 0.25) is 0 Å². The van der Waals surface area contributed by atoms with Crippen molar-refractivity contribution in [1.29, 1.82) is 0 Å². The van der Waals surface area contributed by atoms with E-state index in [9.17, 15) is 40.9 Å². The van der Waals surface area contributed by atoms with Gasteiger partial charge in [0.1, 0.15) is 19.0 Å². The third kappa shape index (κ3) is 13.7. The van der Waals surface area contributed by atoms with E-state index in [0.29, 0.717) is 106 Å². The Morgan fingerprint density at radius 1 is 0.828 bits per heavy atom. The number of allylic oxidation sites excluding steroid dienone is 3. The number of rotatable bonds is 26. The number of nitrogens with zero attached hydrogens (tertiary/aromatic N) is 3. The van der Waals surface area contributed by atoms with Gasteiger partial charge in [-0.3, -0.25) is 9.11 Å². The second-order valence-corrected chi connectivity index (χ2v) is 18.3. The molecular formula is C44H58N3O15S2+. The minimum Gasteiger partial charge on any atom is -0.492 e. The molecule has 0 saturated heterocycles. The zero-order chi connectivity index (χ0) is 46.3. The summed E-state index contributed by atoms with van der Waals surface area (Å²) in [5.74, 6) is -1.41. The van der Waals surface area contributed by atoms with Crippen LogP contribution in [0.4, 0.5) is 5.69 Å². The Kier molecular flexibility index (Phi) is 18.1. The van der Waals surface area contributed by atoms with Gasteiger partial charge in [0.25, 0.3) is 20.2 Å². The molecule has 1 aromatic carbocycles. The van der Waals surface area contributed by atoms with Gasteiger partial charge in [-0.1, -0.05) is 18.6 Å². The van der Waals surface area contributed by atoms with Gasteiger partial charge in [0.15, 0.2) is 13.1 Å². The van der Waals surface area contributed by atoms with E-state index < -0.39 is 49.1 Å². The molecule has 20 heteroatoms. The van der Waals surface area contributed by atoms with Crippen LogP contribution in [0.3, 0.4) is 0 Å². The largest absolute Gasteiger partial charge is 0.492 e. The lowest BCUT2D eigenvalue weighted by molar-refractivity contribution is -0.145. The van der Waals surface area contributed by atoms with E-state index in [-0.39, 0.29) is 24.2 Å². The van der Waals surface area contributed by atoms with Crippen molar-refractivity contribution >= 4 is 38.0 Å². The first-order valence-corrected chi connectivity index (χ1v) is 23.9. The quantitative estimate of drug-likeness (QED) is 0.0385. The van der Waals surface area contributed by atoms with Crippen LogP contribution in [-0.2, 0) is 49.4 Å². The molecule has 5 rings (SSSR count). The number of hydrogen-bond acceptors (Lipinski definition) is 14. The Hall–Kier alpha value is -5.06. The number of aromatic nitrogens is 1. The van der Waals surface area contributed by atoms with Crippen LogP contribution in [0, 0.1) is 0 Å². The molecule has 0 bridgehead atoms. The lowest BCUT2D eigenvalue weighted by Gasteiger charge is -2.30. The first-order valence-electron chi connectivity index (χ1n) is 20.8. The molecule has 64 heavy (non-hydrogen) atoms. The van der Waals surface area contributed by atoms with Gasteiger partial charge in [0, 0.05) is 67.7 Å².